The van der Waals surface area contributed by atoms with Crippen LogP contribution in [0.2, 0.25) is 0 Å². The number of nitrogens with two attached hydrogens (primary N) is 1. The Hall–Kier alpha value is -2.14. The average molecular weight is 244 g/mol. The minimum absolute atomic E-state index is 0.514. The zero-order chi connectivity index (χ0) is 11.7. The third-order valence-electron chi connectivity index (χ3n) is 2.33. The van der Waals surface area contributed by atoms with E-state index in [0.29, 0.717) is 10.9 Å². The van der Waals surface area contributed by atoms with Gasteiger partial charge in [-0.05, 0) is 29.2 Å². The van der Waals surface area contributed by atoms with Crippen LogP contribution in [0.3, 0.4) is 0 Å². The number of nitrogen functional groups attached to an aromatic ring is 1. The predicted molar refractivity (Wildman–Crippen MR) is 65.8 cm³/mol. The van der Waals surface area contributed by atoms with Gasteiger partial charge in [0.05, 0.1) is 6.26 Å². The maximum absolute atomic E-state index is 5.77. The topological polar surface area (TPSA) is 55.9 Å². The van der Waals surface area contributed by atoms with Crippen LogP contribution in [0, 0.1) is 0 Å². The first-order valence-corrected chi connectivity index (χ1v) is 5.90. The Labute approximate surface area is 102 Å². The predicted octanol–water partition coefficient (Wildman–Crippen LogP) is 2.26. The molecule has 84 valence electrons. The van der Waals surface area contributed by atoms with E-state index in [1.165, 1.54) is 11.5 Å². The Bertz CT molecular complexity index is 617. The summed E-state index contributed by atoms with van der Waals surface area (Å²) in [6, 6.07) is 13.6. The molecule has 0 saturated heterocycles. The van der Waals surface area contributed by atoms with E-state index in [0.717, 1.165) is 11.5 Å². The second kappa shape index (κ2) is 4.03. The fraction of sp³-hybridized carbons (Fsp3) is 0. The van der Waals surface area contributed by atoms with Gasteiger partial charge in [-0.1, -0.05) is 18.2 Å². The fourth-order valence-corrected chi connectivity index (χ4v) is 2.37. The van der Waals surface area contributed by atoms with Crippen molar-refractivity contribution in [1.29, 1.82) is 0 Å². The lowest BCUT2D eigenvalue weighted by atomic mass is 10.3. The molecular weight excluding hydrogens is 234 g/mol. The van der Waals surface area contributed by atoms with Crippen molar-refractivity contribution in [3.63, 3.8) is 0 Å². The second-order valence-electron chi connectivity index (χ2n) is 3.47. The van der Waals surface area contributed by atoms with Crippen LogP contribution in [0.4, 0.5) is 5.13 Å². The SMILES string of the molecule is Nc1nc(-c2ccco2)[n+](-c2ccccc2)s1. The van der Waals surface area contributed by atoms with Gasteiger partial charge in [-0.3, -0.25) is 0 Å². The highest BCUT2D eigenvalue weighted by Gasteiger charge is 2.24. The zero-order valence-corrected chi connectivity index (χ0v) is 9.72. The quantitative estimate of drug-likeness (QED) is 0.703. The molecular formula is C12H10N3OS+. The molecule has 0 aliphatic heterocycles. The lowest BCUT2D eigenvalue weighted by Crippen LogP contribution is -2.27. The van der Waals surface area contributed by atoms with E-state index in [4.69, 9.17) is 10.2 Å². The largest absolute Gasteiger partial charge is 0.456 e. The Morgan fingerprint density at radius 3 is 2.65 bits per heavy atom. The number of benzene rings is 1. The first-order chi connectivity index (χ1) is 8.34. The molecule has 0 atom stereocenters. The molecule has 0 bridgehead atoms. The van der Waals surface area contributed by atoms with Gasteiger partial charge in [-0.15, -0.1) is 3.96 Å². The van der Waals surface area contributed by atoms with Crippen molar-refractivity contribution < 1.29 is 8.37 Å². The summed E-state index contributed by atoms with van der Waals surface area (Å²) in [6.45, 7) is 0. The molecule has 0 aliphatic rings. The van der Waals surface area contributed by atoms with Crippen molar-refractivity contribution in [2.45, 2.75) is 0 Å². The minimum Gasteiger partial charge on any atom is -0.456 e. The highest BCUT2D eigenvalue weighted by Crippen LogP contribution is 2.20. The molecule has 1 aromatic carbocycles. The van der Waals surface area contributed by atoms with Crippen molar-refractivity contribution in [2.24, 2.45) is 0 Å². The van der Waals surface area contributed by atoms with E-state index in [9.17, 15) is 0 Å². The summed E-state index contributed by atoms with van der Waals surface area (Å²) in [5.41, 5.74) is 6.79. The van der Waals surface area contributed by atoms with Crippen molar-refractivity contribution in [3.8, 4) is 17.3 Å². The van der Waals surface area contributed by atoms with Gasteiger partial charge in [0.25, 0.3) is 0 Å². The van der Waals surface area contributed by atoms with Crippen LogP contribution < -0.4 is 9.69 Å². The van der Waals surface area contributed by atoms with E-state index in [-0.39, 0.29) is 0 Å². The molecule has 0 spiro atoms. The number of anilines is 1. The molecule has 2 heterocycles. The summed E-state index contributed by atoms with van der Waals surface area (Å²) in [6.07, 6.45) is 1.63. The van der Waals surface area contributed by atoms with Crippen LogP contribution in [0.25, 0.3) is 17.3 Å². The molecule has 0 aliphatic carbocycles. The van der Waals surface area contributed by atoms with Crippen LogP contribution in [-0.4, -0.2) is 4.98 Å². The number of aromatic nitrogens is 2. The highest BCUT2D eigenvalue weighted by atomic mass is 32.1. The van der Waals surface area contributed by atoms with Crippen LogP contribution in [0.1, 0.15) is 0 Å². The van der Waals surface area contributed by atoms with E-state index in [2.05, 4.69) is 4.98 Å². The molecule has 0 saturated carbocycles. The molecule has 5 heteroatoms. The number of rotatable bonds is 2. The van der Waals surface area contributed by atoms with Crippen LogP contribution >= 0.6 is 11.5 Å². The number of para-hydroxylation sites is 1. The summed E-state index contributed by atoms with van der Waals surface area (Å²) in [5.74, 6) is 1.44. The molecule has 3 rings (SSSR count). The number of furan rings is 1. The first-order valence-electron chi connectivity index (χ1n) is 5.13. The number of hydrogen-bond donors (Lipinski definition) is 1. The Morgan fingerprint density at radius 1 is 1.12 bits per heavy atom. The maximum Gasteiger partial charge on any atom is 0.386 e. The van der Waals surface area contributed by atoms with Gasteiger partial charge in [-0.2, -0.15) is 0 Å². The summed E-state index contributed by atoms with van der Waals surface area (Å²) in [7, 11) is 0. The minimum atomic E-state index is 0.514. The second-order valence-corrected chi connectivity index (χ2v) is 4.44. The Morgan fingerprint density at radius 2 is 1.94 bits per heavy atom. The van der Waals surface area contributed by atoms with Crippen molar-refractivity contribution >= 4 is 16.7 Å². The Kier molecular flexibility index (Phi) is 2.38. The fourth-order valence-electron chi connectivity index (χ4n) is 1.61. The van der Waals surface area contributed by atoms with Crippen molar-refractivity contribution in [2.75, 3.05) is 5.73 Å². The molecule has 2 aromatic heterocycles. The first kappa shape index (κ1) is 10.0. The smallest absolute Gasteiger partial charge is 0.386 e. The van der Waals surface area contributed by atoms with E-state index in [1.54, 1.807) is 6.26 Å². The molecule has 3 aromatic rings. The van der Waals surface area contributed by atoms with Crippen molar-refractivity contribution in [3.05, 3.63) is 48.7 Å². The summed E-state index contributed by atoms with van der Waals surface area (Å²) in [5, 5.41) is 0.514. The van der Waals surface area contributed by atoms with Gasteiger partial charge >= 0.3 is 11.0 Å². The van der Waals surface area contributed by atoms with Gasteiger partial charge in [0, 0.05) is 0 Å². The molecule has 17 heavy (non-hydrogen) atoms. The van der Waals surface area contributed by atoms with Gasteiger partial charge in [-0.25, -0.2) is 0 Å². The molecule has 0 radical (unpaired) electrons. The monoisotopic (exact) mass is 244 g/mol. The van der Waals surface area contributed by atoms with E-state index < -0.39 is 0 Å². The van der Waals surface area contributed by atoms with Crippen LogP contribution in [-0.2, 0) is 0 Å². The molecule has 4 nitrogen and oxygen atoms in total. The van der Waals surface area contributed by atoms with Crippen LogP contribution in [0.5, 0.6) is 0 Å². The molecule has 0 amide bonds. The standard InChI is InChI=1S/C12H9N3OS/c13-12-14-11(10-7-4-8-16-10)15(17-12)9-5-2-1-3-6-9/h1-8,13H/p+1. The normalized spacial score (nSPS) is 10.6. The summed E-state index contributed by atoms with van der Waals surface area (Å²) >= 11 is 1.39. The van der Waals surface area contributed by atoms with E-state index in [1.807, 2.05) is 46.4 Å². The van der Waals surface area contributed by atoms with Gasteiger partial charge in [0.1, 0.15) is 17.2 Å². The van der Waals surface area contributed by atoms with Gasteiger partial charge < -0.3 is 10.2 Å². The number of nitrogens with zero attached hydrogens (tertiary/aromatic N) is 2. The zero-order valence-electron chi connectivity index (χ0n) is 8.91. The van der Waals surface area contributed by atoms with Gasteiger partial charge in [0.2, 0.25) is 5.76 Å². The third kappa shape index (κ3) is 1.81. The lowest BCUT2D eigenvalue weighted by molar-refractivity contribution is -0.510. The number of hydrogen-bond acceptors (Lipinski definition) is 4. The van der Waals surface area contributed by atoms with E-state index >= 15 is 0 Å². The highest BCUT2D eigenvalue weighted by molar-refractivity contribution is 7.05. The average Bonchev–Trinajstić information content (AvgIpc) is 2.98. The molecule has 2 N–H and O–H groups in total. The van der Waals surface area contributed by atoms with Gasteiger partial charge in [0.15, 0.2) is 0 Å². The lowest BCUT2D eigenvalue weighted by Gasteiger charge is -1.94. The summed E-state index contributed by atoms with van der Waals surface area (Å²) < 4.78 is 7.32. The van der Waals surface area contributed by atoms with Crippen molar-refractivity contribution in [1.82, 2.24) is 4.98 Å². The third-order valence-corrected chi connectivity index (χ3v) is 3.17. The molecule has 0 fully saturated rings. The van der Waals surface area contributed by atoms with Crippen LogP contribution in [0.15, 0.2) is 53.1 Å². The Balaban J connectivity index is 2.18. The summed E-state index contributed by atoms with van der Waals surface area (Å²) in [4.78, 5) is 4.29. The maximum atomic E-state index is 5.77. The molecule has 0 unspecified atom stereocenters.